The fourth-order valence-electron chi connectivity index (χ4n) is 3.36. The average Bonchev–Trinajstić information content (AvgIpc) is 2.42. The van der Waals surface area contributed by atoms with Gasteiger partial charge in [-0.15, -0.1) is 0 Å². The average molecular weight is 296 g/mol. The molecule has 1 unspecified atom stereocenters. The molecule has 0 aliphatic carbocycles. The Bertz CT molecular complexity index is 454. The number of halogens is 2. The third-order valence-corrected chi connectivity index (χ3v) is 4.75. The summed E-state index contributed by atoms with van der Waals surface area (Å²) in [6, 6.07) is 3.65. The third kappa shape index (κ3) is 3.61. The van der Waals surface area contributed by atoms with Crippen molar-refractivity contribution in [2.24, 2.45) is 17.1 Å². The first-order chi connectivity index (χ1) is 9.84. The summed E-state index contributed by atoms with van der Waals surface area (Å²) in [5.74, 6) is -0.343. The Morgan fingerprint density at radius 3 is 2.14 bits per heavy atom. The van der Waals surface area contributed by atoms with Crippen LogP contribution in [0.15, 0.2) is 18.2 Å². The van der Waals surface area contributed by atoms with Crippen molar-refractivity contribution < 1.29 is 8.78 Å². The molecule has 1 aliphatic heterocycles. The number of benzene rings is 1. The van der Waals surface area contributed by atoms with Crippen LogP contribution in [0.4, 0.5) is 8.78 Å². The maximum atomic E-state index is 14.0. The van der Waals surface area contributed by atoms with Crippen LogP contribution in [0.2, 0.25) is 0 Å². The van der Waals surface area contributed by atoms with Gasteiger partial charge in [-0.1, -0.05) is 26.8 Å². The van der Waals surface area contributed by atoms with Crippen molar-refractivity contribution in [2.45, 2.75) is 39.7 Å². The standard InChI is InChI=1S/C17H26F2N2/c1-17(2,3)12-7-9-21(10-8-12)15(11-20)16-13(18)5-4-6-14(16)19/h4-6,12,15H,7-11,20H2,1-3H3. The first kappa shape index (κ1) is 16.4. The van der Waals surface area contributed by atoms with Crippen molar-refractivity contribution in [3.8, 4) is 0 Å². The van der Waals surface area contributed by atoms with E-state index in [1.165, 1.54) is 18.2 Å². The number of nitrogens with zero attached hydrogens (tertiary/aromatic N) is 1. The molecule has 0 radical (unpaired) electrons. The molecule has 1 atom stereocenters. The van der Waals surface area contributed by atoms with Crippen molar-refractivity contribution >= 4 is 0 Å². The minimum absolute atomic E-state index is 0.120. The van der Waals surface area contributed by atoms with E-state index in [1.807, 2.05) is 0 Å². The Balaban J connectivity index is 2.14. The Kier molecular flexibility index (Phi) is 4.99. The molecule has 1 fully saturated rings. The van der Waals surface area contributed by atoms with E-state index >= 15 is 0 Å². The maximum absolute atomic E-state index is 14.0. The van der Waals surface area contributed by atoms with E-state index in [2.05, 4.69) is 25.7 Å². The second-order valence-corrected chi connectivity index (χ2v) is 7.06. The Labute approximate surface area is 126 Å². The molecule has 0 amide bonds. The van der Waals surface area contributed by atoms with Gasteiger partial charge < -0.3 is 5.73 Å². The molecule has 4 heteroatoms. The molecule has 2 nitrogen and oxygen atoms in total. The molecule has 1 aliphatic rings. The minimum Gasteiger partial charge on any atom is -0.329 e. The molecule has 118 valence electrons. The van der Waals surface area contributed by atoms with Crippen molar-refractivity contribution in [3.05, 3.63) is 35.4 Å². The zero-order valence-electron chi connectivity index (χ0n) is 13.2. The van der Waals surface area contributed by atoms with Gasteiger partial charge >= 0.3 is 0 Å². The Hall–Kier alpha value is -1.00. The fourth-order valence-corrected chi connectivity index (χ4v) is 3.36. The van der Waals surface area contributed by atoms with Crippen LogP contribution in [-0.4, -0.2) is 24.5 Å². The zero-order chi connectivity index (χ0) is 15.6. The zero-order valence-corrected chi connectivity index (χ0v) is 13.2. The van der Waals surface area contributed by atoms with Crippen LogP contribution in [0.1, 0.15) is 45.2 Å². The normalized spacial score (nSPS) is 19.7. The van der Waals surface area contributed by atoms with Crippen LogP contribution in [0.5, 0.6) is 0 Å². The van der Waals surface area contributed by atoms with E-state index < -0.39 is 11.6 Å². The Morgan fingerprint density at radius 1 is 1.19 bits per heavy atom. The van der Waals surface area contributed by atoms with Crippen LogP contribution in [-0.2, 0) is 0 Å². The van der Waals surface area contributed by atoms with Gasteiger partial charge in [-0.3, -0.25) is 4.90 Å². The highest BCUT2D eigenvalue weighted by atomic mass is 19.1. The lowest BCUT2D eigenvalue weighted by atomic mass is 9.75. The van der Waals surface area contributed by atoms with Crippen LogP contribution < -0.4 is 5.73 Å². The predicted molar refractivity (Wildman–Crippen MR) is 81.9 cm³/mol. The summed E-state index contributed by atoms with van der Waals surface area (Å²) in [5, 5.41) is 0. The minimum atomic E-state index is -0.497. The van der Waals surface area contributed by atoms with Gasteiger partial charge in [0, 0.05) is 12.1 Å². The van der Waals surface area contributed by atoms with Gasteiger partial charge in [0.2, 0.25) is 0 Å². The van der Waals surface area contributed by atoms with Gasteiger partial charge in [-0.2, -0.15) is 0 Å². The highest BCUT2D eigenvalue weighted by molar-refractivity contribution is 5.24. The van der Waals surface area contributed by atoms with E-state index in [0.29, 0.717) is 5.92 Å². The molecule has 1 heterocycles. The van der Waals surface area contributed by atoms with Crippen LogP contribution >= 0.6 is 0 Å². The quantitative estimate of drug-likeness (QED) is 0.921. The smallest absolute Gasteiger partial charge is 0.130 e. The summed E-state index contributed by atoms with van der Waals surface area (Å²) < 4.78 is 28.0. The number of piperidine rings is 1. The monoisotopic (exact) mass is 296 g/mol. The molecular formula is C17H26F2N2. The summed E-state index contributed by atoms with van der Waals surface area (Å²) in [6.45, 7) is 8.69. The third-order valence-electron chi connectivity index (χ3n) is 4.75. The first-order valence-corrected chi connectivity index (χ1v) is 7.72. The molecule has 0 aromatic heterocycles. The molecular weight excluding hydrogens is 270 g/mol. The summed E-state index contributed by atoms with van der Waals surface area (Å²) in [4.78, 5) is 2.13. The van der Waals surface area contributed by atoms with Gasteiger partial charge in [-0.25, -0.2) is 8.78 Å². The van der Waals surface area contributed by atoms with E-state index in [-0.39, 0.29) is 23.6 Å². The first-order valence-electron chi connectivity index (χ1n) is 7.72. The highest BCUT2D eigenvalue weighted by Gasteiger charge is 2.33. The number of likely N-dealkylation sites (tertiary alicyclic amines) is 1. The SMILES string of the molecule is CC(C)(C)C1CCN(C(CN)c2c(F)cccc2F)CC1. The number of rotatable bonds is 3. The lowest BCUT2D eigenvalue weighted by Crippen LogP contribution is -2.42. The van der Waals surface area contributed by atoms with Gasteiger partial charge in [0.15, 0.2) is 0 Å². The summed E-state index contributed by atoms with van der Waals surface area (Å²) in [7, 11) is 0. The van der Waals surface area contributed by atoms with Crippen molar-refractivity contribution in [1.29, 1.82) is 0 Å². The molecule has 1 saturated heterocycles. The fraction of sp³-hybridized carbons (Fsp3) is 0.647. The van der Waals surface area contributed by atoms with Crippen molar-refractivity contribution in [2.75, 3.05) is 19.6 Å². The van der Waals surface area contributed by atoms with Crippen LogP contribution in [0.25, 0.3) is 0 Å². The van der Waals surface area contributed by atoms with Gasteiger partial charge in [0.05, 0.1) is 6.04 Å². The molecule has 1 aromatic carbocycles. The highest BCUT2D eigenvalue weighted by Crippen LogP contribution is 2.37. The van der Waals surface area contributed by atoms with Crippen molar-refractivity contribution in [3.63, 3.8) is 0 Å². The molecule has 1 aromatic rings. The Morgan fingerprint density at radius 2 is 1.71 bits per heavy atom. The number of nitrogens with two attached hydrogens (primary N) is 1. The number of hydrogen-bond acceptors (Lipinski definition) is 2. The van der Waals surface area contributed by atoms with E-state index in [9.17, 15) is 8.78 Å². The van der Waals surface area contributed by atoms with Gasteiger partial charge in [-0.05, 0) is 49.4 Å². The van der Waals surface area contributed by atoms with Crippen molar-refractivity contribution in [1.82, 2.24) is 4.90 Å². The van der Waals surface area contributed by atoms with Crippen LogP contribution in [0, 0.1) is 23.0 Å². The summed E-state index contributed by atoms with van der Waals surface area (Å²) in [5.41, 5.74) is 6.22. The van der Waals surface area contributed by atoms with E-state index in [4.69, 9.17) is 5.73 Å². The van der Waals surface area contributed by atoms with Gasteiger partial charge in [0.1, 0.15) is 11.6 Å². The predicted octanol–water partition coefficient (Wildman–Crippen LogP) is 3.72. The molecule has 0 spiro atoms. The maximum Gasteiger partial charge on any atom is 0.130 e. The topological polar surface area (TPSA) is 29.3 Å². The second kappa shape index (κ2) is 6.41. The molecule has 2 N–H and O–H groups in total. The van der Waals surface area contributed by atoms with E-state index in [1.54, 1.807) is 0 Å². The largest absolute Gasteiger partial charge is 0.329 e. The molecule has 0 saturated carbocycles. The van der Waals surface area contributed by atoms with Crippen LogP contribution in [0.3, 0.4) is 0 Å². The summed E-state index contributed by atoms with van der Waals surface area (Å²) >= 11 is 0. The lowest BCUT2D eigenvalue weighted by molar-refractivity contribution is 0.0822. The summed E-state index contributed by atoms with van der Waals surface area (Å²) in [6.07, 6.45) is 2.10. The van der Waals surface area contributed by atoms with Gasteiger partial charge in [0.25, 0.3) is 0 Å². The van der Waals surface area contributed by atoms with E-state index in [0.717, 1.165) is 25.9 Å². The molecule has 2 rings (SSSR count). The molecule has 0 bridgehead atoms. The molecule has 21 heavy (non-hydrogen) atoms. The number of hydrogen-bond donors (Lipinski definition) is 1. The second-order valence-electron chi connectivity index (χ2n) is 7.06. The lowest BCUT2D eigenvalue weighted by Gasteiger charge is -2.41.